The lowest BCUT2D eigenvalue weighted by atomic mass is 10.3. The van der Waals surface area contributed by atoms with Crippen LogP contribution < -0.4 is 5.32 Å². The maximum Gasteiger partial charge on any atom is 0.169 e. The summed E-state index contributed by atoms with van der Waals surface area (Å²) in [6, 6.07) is 0.408. The normalized spacial score (nSPS) is 23.8. The molecule has 12 heavy (non-hydrogen) atoms. The first kappa shape index (κ1) is 9.74. The second-order valence-corrected chi connectivity index (χ2v) is 3.34. The molecule has 1 fully saturated rings. The molecular weight excluding hydrogens is 172 g/mol. The second-order valence-electron chi connectivity index (χ2n) is 2.95. The second kappa shape index (κ2) is 4.62. The van der Waals surface area contributed by atoms with Crippen molar-refractivity contribution in [3.63, 3.8) is 0 Å². The van der Waals surface area contributed by atoms with Gasteiger partial charge in [0.25, 0.3) is 0 Å². The molecule has 4 heteroatoms. The maximum absolute atomic E-state index is 5.31. The van der Waals surface area contributed by atoms with Crippen LogP contribution in [-0.2, 0) is 4.74 Å². The minimum atomic E-state index is 0.408. The van der Waals surface area contributed by atoms with Gasteiger partial charge in [0.1, 0.15) is 0 Å². The molecule has 0 spiro atoms. The highest BCUT2D eigenvalue weighted by Gasteiger charge is 2.20. The maximum atomic E-state index is 5.31. The van der Waals surface area contributed by atoms with Gasteiger partial charge in [-0.15, -0.1) is 0 Å². The largest absolute Gasteiger partial charge is 0.377 e. The molecule has 1 rings (SSSR count). The van der Waals surface area contributed by atoms with Gasteiger partial charge in [-0.05, 0) is 26.1 Å². The SMILES string of the molecule is CCNC(=S)N1CCOC[C@H]1C. The zero-order valence-electron chi connectivity index (χ0n) is 7.67. The Morgan fingerprint density at radius 3 is 3.08 bits per heavy atom. The van der Waals surface area contributed by atoms with Crippen molar-refractivity contribution in [1.82, 2.24) is 10.2 Å². The smallest absolute Gasteiger partial charge is 0.169 e. The summed E-state index contributed by atoms with van der Waals surface area (Å²) < 4.78 is 5.31. The average molecular weight is 188 g/mol. The first-order valence-corrected chi connectivity index (χ1v) is 4.78. The third kappa shape index (κ3) is 2.32. The molecule has 0 aromatic heterocycles. The van der Waals surface area contributed by atoms with Gasteiger partial charge in [0.2, 0.25) is 0 Å². The van der Waals surface area contributed by atoms with E-state index in [1.165, 1.54) is 0 Å². The Balaban J connectivity index is 2.42. The molecule has 0 aromatic carbocycles. The van der Waals surface area contributed by atoms with E-state index in [0.29, 0.717) is 6.04 Å². The fourth-order valence-corrected chi connectivity index (χ4v) is 1.70. The summed E-state index contributed by atoms with van der Waals surface area (Å²) in [6.45, 7) is 7.55. The lowest BCUT2D eigenvalue weighted by molar-refractivity contribution is 0.0329. The average Bonchev–Trinajstić information content (AvgIpc) is 2.05. The molecule has 1 N–H and O–H groups in total. The third-order valence-electron chi connectivity index (χ3n) is 1.96. The minimum Gasteiger partial charge on any atom is -0.377 e. The van der Waals surface area contributed by atoms with Crippen LogP contribution in [0.5, 0.6) is 0 Å². The molecular formula is C8H16N2OS. The predicted molar refractivity (Wildman–Crippen MR) is 53.3 cm³/mol. The van der Waals surface area contributed by atoms with E-state index in [1.807, 2.05) is 0 Å². The van der Waals surface area contributed by atoms with Crippen LogP contribution in [-0.4, -0.2) is 42.4 Å². The number of hydrogen-bond acceptors (Lipinski definition) is 2. The molecule has 0 aliphatic carbocycles. The molecule has 0 radical (unpaired) electrons. The topological polar surface area (TPSA) is 24.5 Å². The first-order chi connectivity index (χ1) is 5.75. The molecule has 70 valence electrons. The van der Waals surface area contributed by atoms with Gasteiger partial charge < -0.3 is 15.0 Å². The van der Waals surface area contributed by atoms with Gasteiger partial charge in [0, 0.05) is 13.1 Å². The Kier molecular flexibility index (Phi) is 3.75. The van der Waals surface area contributed by atoms with Crippen LogP contribution in [0.1, 0.15) is 13.8 Å². The number of nitrogens with one attached hydrogen (secondary N) is 1. The van der Waals surface area contributed by atoms with Crippen molar-refractivity contribution in [3.8, 4) is 0 Å². The Bertz CT molecular complexity index is 163. The van der Waals surface area contributed by atoms with E-state index in [0.717, 1.165) is 31.4 Å². The summed E-state index contributed by atoms with van der Waals surface area (Å²) in [5.41, 5.74) is 0. The number of morpholine rings is 1. The number of rotatable bonds is 1. The molecule has 1 aliphatic rings. The summed E-state index contributed by atoms with van der Waals surface area (Å²) >= 11 is 5.21. The lowest BCUT2D eigenvalue weighted by Crippen LogP contribution is -2.51. The van der Waals surface area contributed by atoms with E-state index in [2.05, 4.69) is 24.1 Å². The van der Waals surface area contributed by atoms with E-state index in [1.54, 1.807) is 0 Å². The first-order valence-electron chi connectivity index (χ1n) is 4.38. The molecule has 0 amide bonds. The van der Waals surface area contributed by atoms with Crippen molar-refractivity contribution < 1.29 is 4.74 Å². The Morgan fingerprint density at radius 2 is 2.50 bits per heavy atom. The summed E-state index contributed by atoms with van der Waals surface area (Å²) in [5, 5.41) is 4.00. The van der Waals surface area contributed by atoms with Crippen LogP contribution in [0.4, 0.5) is 0 Å². The van der Waals surface area contributed by atoms with Crippen molar-refractivity contribution in [2.24, 2.45) is 0 Å². The quantitative estimate of drug-likeness (QED) is 0.609. The third-order valence-corrected chi connectivity index (χ3v) is 2.34. The summed E-state index contributed by atoms with van der Waals surface area (Å²) in [7, 11) is 0. The highest BCUT2D eigenvalue weighted by Crippen LogP contribution is 2.05. The van der Waals surface area contributed by atoms with Gasteiger partial charge in [-0.2, -0.15) is 0 Å². The molecule has 0 saturated carbocycles. The summed E-state index contributed by atoms with van der Waals surface area (Å²) in [5.74, 6) is 0. The molecule has 1 atom stereocenters. The number of nitrogens with zero attached hydrogens (tertiary/aromatic N) is 1. The lowest BCUT2D eigenvalue weighted by Gasteiger charge is -2.35. The molecule has 0 bridgehead atoms. The van der Waals surface area contributed by atoms with Crippen LogP contribution >= 0.6 is 12.2 Å². The fourth-order valence-electron chi connectivity index (χ4n) is 1.28. The Morgan fingerprint density at radius 1 is 1.75 bits per heavy atom. The van der Waals surface area contributed by atoms with E-state index >= 15 is 0 Å². The number of hydrogen-bond donors (Lipinski definition) is 1. The Hall–Kier alpha value is -0.350. The van der Waals surface area contributed by atoms with Gasteiger partial charge in [0.05, 0.1) is 19.3 Å². The van der Waals surface area contributed by atoms with Gasteiger partial charge in [-0.3, -0.25) is 0 Å². The molecule has 1 heterocycles. The van der Waals surface area contributed by atoms with E-state index in [-0.39, 0.29) is 0 Å². The van der Waals surface area contributed by atoms with E-state index < -0.39 is 0 Å². The highest BCUT2D eigenvalue weighted by atomic mass is 32.1. The fraction of sp³-hybridized carbons (Fsp3) is 0.875. The molecule has 1 saturated heterocycles. The number of ether oxygens (including phenoxy) is 1. The molecule has 0 unspecified atom stereocenters. The summed E-state index contributed by atoms with van der Waals surface area (Å²) in [4.78, 5) is 2.18. The van der Waals surface area contributed by atoms with Crippen LogP contribution in [0.3, 0.4) is 0 Å². The van der Waals surface area contributed by atoms with Crippen LogP contribution in [0, 0.1) is 0 Å². The zero-order valence-corrected chi connectivity index (χ0v) is 8.49. The standard InChI is InChI=1S/C8H16N2OS/c1-3-9-8(12)10-4-5-11-6-7(10)2/h7H,3-6H2,1-2H3,(H,9,12)/t7-/m1/s1. The van der Waals surface area contributed by atoms with Crippen molar-refractivity contribution in [3.05, 3.63) is 0 Å². The van der Waals surface area contributed by atoms with E-state index in [9.17, 15) is 0 Å². The van der Waals surface area contributed by atoms with Crippen LogP contribution in [0.15, 0.2) is 0 Å². The minimum absolute atomic E-state index is 0.408. The predicted octanol–water partition coefficient (Wildman–Crippen LogP) is 0.601. The van der Waals surface area contributed by atoms with E-state index in [4.69, 9.17) is 17.0 Å². The van der Waals surface area contributed by atoms with Crippen molar-refractivity contribution in [2.75, 3.05) is 26.3 Å². The van der Waals surface area contributed by atoms with Crippen molar-refractivity contribution in [1.29, 1.82) is 0 Å². The van der Waals surface area contributed by atoms with Gasteiger partial charge in [-0.1, -0.05) is 0 Å². The van der Waals surface area contributed by atoms with Crippen molar-refractivity contribution in [2.45, 2.75) is 19.9 Å². The summed E-state index contributed by atoms with van der Waals surface area (Å²) in [6.07, 6.45) is 0. The molecule has 3 nitrogen and oxygen atoms in total. The van der Waals surface area contributed by atoms with Crippen molar-refractivity contribution >= 4 is 17.3 Å². The van der Waals surface area contributed by atoms with Gasteiger partial charge in [-0.25, -0.2) is 0 Å². The molecule has 0 aromatic rings. The highest BCUT2D eigenvalue weighted by molar-refractivity contribution is 7.80. The molecule has 1 aliphatic heterocycles. The monoisotopic (exact) mass is 188 g/mol. The van der Waals surface area contributed by atoms with Gasteiger partial charge >= 0.3 is 0 Å². The Labute approximate surface area is 79.1 Å². The zero-order chi connectivity index (χ0) is 8.97. The van der Waals surface area contributed by atoms with Gasteiger partial charge in [0.15, 0.2) is 5.11 Å². The number of thiocarbonyl (C=S) groups is 1. The van der Waals surface area contributed by atoms with Crippen LogP contribution in [0.2, 0.25) is 0 Å². The van der Waals surface area contributed by atoms with Crippen LogP contribution in [0.25, 0.3) is 0 Å².